The van der Waals surface area contributed by atoms with E-state index in [1.54, 1.807) is 0 Å². The van der Waals surface area contributed by atoms with E-state index >= 15 is 0 Å². The van der Waals surface area contributed by atoms with Crippen LogP contribution in [0.1, 0.15) is 24.5 Å². The molecule has 0 bridgehead atoms. The summed E-state index contributed by atoms with van der Waals surface area (Å²) in [6.45, 7) is 2.42. The minimum atomic E-state index is 0.247. The maximum Gasteiger partial charge on any atom is -0.00921 e. The van der Waals surface area contributed by atoms with Crippen LogP contribution in [-0.2, 0) is 0 Å². The Labute approximate surface area is 533 Å². The van der Waals surface area contributed by atoms with E-state index in [4.69, 9.17) is 0 Å². The Bertz CT molecular complexity index is 5060. The molecule has 0 radical (unpaired) electrons. The number of fused-ring (bicyclic) bond motifs is 6. The zero-order valence-electron chi connectivity index (χ0n) is 50.8. The van der Waals surface area contributed by atoms with Crippen LogP contribution in [0.25, 0.3) is 155 Å². The van der Waals surface area contributed by atoms with Gasteiger partial charge in [0.1, 0.15) is 0 Å². The normalized spacial score (nSPS) is 13.1. The summed E-state index contributed by atoms with van der Waals surface area (Å²) in [4.78, 5) is 0. The van der Waals surface area contributed by atoms with Gasteiger partial charge in [0.05, 0.1) is 0 Å². The van der Waals surface area contributed by atoms with Crippen molar-refractivity contribution in [3.63, 3.8) is 0 Å². The first-order chi connectivity index (χ1) is 45.0. The number of hydrogen-bond acceptors (Lipinski definition) is 0. The maximum absolute atomic E-state index is 2.57. The minimum absolute atomic E-state index is 0.247. The van der Waals surface area contributed by atoms with Gasteiger partial charge < -0.3 is 0 Å². The number of hydrogen-bond donors (Lipinski definition) is 0. The molecule has 1 atom stereocenters. The van der Waals surface area contributed by atoms with Gasteiger partial charge in [-0.15, -0.1) is 0 Å². The van der Waals surface area contributed by atoms with E-state index in [1.807, 2.05) is 0 Å². The molecule has 0 nitrogen and oxygen atoms in total. The maximum atomic E-state index is 2.57. The fraction of sp³-hybridized carbons (Fsp3) is 0.0330. The lowest BCUT2D eigenvalue weighted by molar-refractivity contribution is 0.771. The number of rotatable bonds is 12. The zero-order chi connectivity index (χ0) is 60.6. The van der Waals surface area contributed by atoms with Crippen molar-refractivity contribution in [2.75, 3.05) is 0 Å². The summed E-state index contributed by atoms with van der Waals surface area (Å²) in [6, 6.07) is 126. The van der Waals surface area contributed by atoms with Crippen LogP contribution in [0.2, 0.25) is 0 Å². The second kappa shape index (κ2) is 23.9. The van der Waals surface area contributed by atoms with Gasteiger partial charge in [0.25, 0.3) is 0 Å². The van der Waals surface area contributed by atoms with Gasteiger partial charge in [-0.3, -0.25) is 0 Å². The lowest BCUT2D eigenvalue weighted by Crippen LogP contribution is -2.06. The first-order valence-electron chi connectivity index (χ1n) is 31.8. The van der Waals surface area contributed by atoms with Crippen LogP contribution in [0.4, 0.5) is 0 Å². The summed E-state index contributed by atoms with van der Waals surface area (Å²) < 4.78 is 0. The highest BCUT2D eigenvalue weighted by Crippen LogP contribution is 2.50. The monoisotopic (exact) mass is 1160 g/mol. The van der Waals surface area contributed by atoms with E-state index in [0.717, 1.165) is 6.42 Å². The first-order valence-corrected chi connectivity index (χ1v) is 31.8. The van der Waals surface area contributed by atoms with Gasteiger partial charge >= 0.3 is 0 Å². The van der Waals surface area contributed by atoms with Gasteiger partial charge in [0, 0.05) is 0 Å². The lowest BCUT2D eigenvalue weighted by atomic mass is 9.78. The van der Waals surface area contributed by atoms with Crippen LogP contribution < -0.4 is 0 Å². The van der Waals surface area contributed by atoms with Gasteiger partial charge in [0.15, 0.2) is 0 Å². The summed E-state index contributed by atoms with van der Waals surface area (Å²) in [5.74, 6) is 0.247. The SMILES string of the molecule is CC1CC(c2ccccc2)=CC=C1c1cc2c(cc1-c1ccc(-c3ccccc3)cc1)c1cc(-c3ccc(-c4ccccc4)cc3)c(-c3ccc(-c4ccccc4)cc3)cc1c1cc(-c3ccc(-c4ccccc4)cc3)c(-c3ccc(-c4ccccc4)cc3)cc21. The molecule has 0 amide bonds. The Balaban J connectivity index is 1.01. The summed E-state index contributed by atoms with van der Waals surface area (Å²) in [6.07, 6.45) is 5.74. The lowest BCUT2D eigenvalue weighted by Gasteiger charge is -2.26. The predicted molar refractivity (Wildman–Crippen MR) is 389 cm³/mol. The summed E-state index contributed by atoms with van der Waals surface area (Å²) in [5, 5.41) is 7.30. The van der Waals surface area contributed by atoms with Crippen LogP contribution >= 0.6 is 0 Å². The van der Waals surface area contributed by atoms with Crippen LogP contribution in [0, 0.1) is 5.92 Å². The molecule has 0 saturated carbocycles. The second-order valence-corrected chi connectivity index (χ2v) is 24.3. The molecule has 0 saturated heterocycles. The van der Waals surface area contributed by atoms with Crippen molar-refractivity contribution >= 4 is 43.5 Å². The van der Waals surface area contributed by atoms with E-state index in [9.17, 15) is 0 Å². The summed E-state index contributed by atoms with van der Waals surface area (Å²) >= 11 is 0. The van der Waals surface area contributed by atoms with E-state index in [-0.39, 0.29) is 5.92 Å². The summed E-state index contributed by atoms with van der Waals surface area (Å²) in [5.41, 5.74) is 29.1. The smallest absolute Gasteiger partial charge is 0.00921 e. The largest absolute Gasteiger partial charge is 0.0622 e. The molecule has 91 heavy (non-hydrogen) atoms. The molecular weight excluding hydrogens is 1090 g/mol. The van der Waals surface area contributed by atoms with E-state index in [0.29, 0.717) is 0 Å². The minimum Gasteiger partial charge on any atom is -0.0622 e. The van der Waals surface area contributed by atoms with E-state index < -0.39 is 0 Å². The molecule has 0 fully saturated rings. The Hall–Kier alpha value is -11.4. The fourth-order valence-electron chi connectivity index (χ4n) is 14.0. The molecule has 0 aromatic heterocycles. The first kappa shape index (κ1) is 54.9. The van der Waals surface area contributed by atoms with Crippen LogP contribution in [0.3, 0.4) is 0 Å². The quantitative estimate of drug-likeness (QED) is 0.107. The van der Waals surface area contributed by atoms with Crippen LogP contribution in [0.5, 0.6) is 0 Å². The summed E-state index contributed by atoms with van der Waals surface area (Å²) in [7, 11) is 0. The average molecular weight is 1160 g/mol. The molecule has 15 aromatic carbocycles. The third-order valence-electron chi connectivity index (χ3n) is 18.8. The molecule has 0 N–H and O–H groups in total. The molecule has 1 aliphatic rings. The van der Waals surface area contributed by atoms with Crippen molar-refractivity contribution in [1.82, 2.24) is 0 Å². The Morgan fingerprint density at radius 2 is 0.374 bits per heavy atom. The molecular formula is C91H64. The van der Waals surface area contributed by atoms with E-state index in [1.165, 1.54) is 166 Å². The van der Waals surface area contributed by atoms with Crippen LogP contribution in [0.15, 0.2) is 352 Å². The average Bonchev–Trinajstić information content (AvgIpc) is 0.732. The van der Waals surface area contributed by atoms with Gasteiger partial charge in [-0.05, 0) is 215 Å². The molecule has 16 rings (SSSR count). The molecule has 428 valence electrons. The topological polar surface area (TPSA) is 0 Å². The number of benzene rings is 15. The predicted octanol–water partition coefficient (Wildman–Crippen LogP) is 25.3. The molecule has 1 unspecified atom stereocenters. The van der Waals surface area contributed by atoms with Gasteiger partial charge in [0.2, 0.25) is 0 Å². The Morgan fingerprint density at radius 1 is 0.187 bits per heavy atom. The highest BCUT2D eigenvalue weighted by molar-refractivity contribution is 6.29. The molecule has 0 spiro atoms. The second-order valence-electron chi connectivity index (χ2n) is 24.3. The van der Waals surface area contributed by atoms with Gasteiger partial charge in [-0.2, -0.15) is 0 Å². The van der Waals surface area contributed by atoms with Crippen LogP contribution in [-0.4, -0.2) is 0 Å². The van der Waals surface area contributed by atoms with Crippen molar-refractivity contribution < 1.29 is 0 Å². The highest BCUT2D eigenvalue weighted by atomic mass is 14.3. The molecule has 15 aromatic rings. The van der Waals surface area contributed by atoms with Crippen molar-refractivity contribution in [1.29, 1.82) is 0 Å². The third kappa shape index (κ3) is 10.7. The number of allylic oxidation sites excluding steroid dienone is 4. The Kier molecular flexibility index (Phi) is 14.4. The standard InChI is InChI=1S/C91H64/c1-61-54-78(67-30-18-7-19-31-67)52-53-79(61)85-60-91-89-58-83(76-48-38-71(39-49-76)65-26-14-5-15-27-65)81(74-44-34-69(35-45-74)63-22-10-3-11-23-63)56-87(89)86-55-80(73-42-32-68(33-43-73)62-20-8-2-9-21-62)82(75-46-36-70(37-47-75)64-24-12-4-13-25-64)57-88(86)90(91)59-84(85)77-50-40-72(41-51-77)66-28-16-6-17-29-66/h2-53,55-61H,54H2,1H3. The Morgan fingerprint density at radius 3 is 0.604 bits per heavy atom. The molecule has 0 heterocycles. The molecule has 0 aliphatic heterocycles. The van der Waals surface area contributed by atoms with Crippen molar-refractivity contribution in [3.05, 3.63) is 363 Å². The van der Waals surface area contributed by atoms with E-state index in [2.05, 4.69) is 359 Å². The van der Waals surface area contributed by atoms with Gasteiger partial charge in [-0.1, -0.05) is 322 Å². The third-order valence-corrected chi connectivity index (χ3v) is 18.8. The highest BCUT2D eigenvalue weighted by Gasteiger charge is 2.25. The van der Waals surface area contributed by atoms with Gasteiger partial charge in [-0.25, -0.2) is 0 Å². The van der Waals surface area contributed by atoms with Crippen molar-refractivity contribution in [2.24, 2.45) is 5.92 Å². The molecule has 0 heteroatoms. The zero-order valence-corrected chi connectivity index (χ0v) is 50.8. The van der Waals surface area contributed by atoms with Crippen molar-refractivity contribution in [2.45, 2.75) is 13.3 Å². The fourth-order valence-corrected chi connectivity index (χ4v) is 14.0. The molecule has 1 aliphatic carbocycles. The van der Waals surface area contributed by atoms with Crippen molar-refractivity contribution in [3.8, 4) is 111 Å².